The Morgan fingerprint density at radius 1 is 1.03 bits per heavy atom. The van der Waals surface area contributed by atoms with E-state index in [1.165, 1.54) is 24.3 Å². The number of carbonyl (C=O) groups is 1. The lowest BCUT2D eigenvalue weighted by atomic mass is 9.81. The molecule has 0 saturated carbocycles. The van der Waals surface area contributed by atoms with E-state index in [9.17, 15) is 18.0 Å². The minimum absolute atomic E-state index is 0.300. The van der Waals surface area contributed by atoms with Crippen LogP contribution in [0, 0.1) is 0 Å². The van der Waals surface area contributed by atoms with E-state index < -0.39 is 11.9 Å². The Balaban J connectivity index is 1.77. The van der Waals surface area contributed by atoms with Crippen molar-refractivity contribution in [3.8, 4) is 11.5 Å². The van der Waals surface area contributed by atoms with E-state index in [-0.39, 0.29) is 11.7 Å². The van der Waals surface area contributed by atoms with Gasteiger partial charge >= 0.3 is 6.36 Å². The van der Waals surface area contributed by atoms with Crippen molar-refractivity contribution in [2.75, 3.05) is 6.61 Å². The minimum Gasteiger partial charge on any atom is -0.491 e. The smallest absolute Gasteiger partial charge is 0.491 e. The van der Waals surface area contributed by atoms with Crippen LogP contribution < -0.4 is 14.8 Å². The van der Waals surface area contributed by atoms with Gasteiger partial charge in [-0.25, -0.2) is 0 Å². The fourth-order valence-electron chi connectivity index (χ4n) is 3.53. The molecule has 1 aliphatic heterocycles. The zero-order chi connectivity index (χ0) is 21.2. The maximum absolute atomic E-state index is 13.0. The van der Waals surface area contributed by atoms with Gasteiger partial charge in [0.1, 0.15) is 22.7 Å². The molecule has 0 fully saturated rings. The average Bonchev–Trinajstić information content (AvgIpc) is 2.74. The first-order valence-electron chi connectivity index (χ1n) is 9.19. The van der Waals surface area contributed by atoms with Crippen molar-refractivity contribution in [2.45, 2.75) is 18.3 Å². The number of ether oxygens (including phenoxy) is 2. The molecule has 0 spiro atoms. The lowest BCUT2D eigenvalue weighted by Gasteiger charge is -2.39. The number of amides is 1. The predicted octanol–water partition coefficient (Wildman–Crippen LogP) is 4.44. The number of halogens is 3. The average molecular weight is 414 g/mol. The first-order valence-corrected chi connectivity index (χ1v) is 9.19. The molecule has 1 aromatic heterocycles. The summed E-state index contributed by atoms with van der Waals surface area (Å²) in [5.74, 6) is -0.165. The number of alkyl halides is 3. The summed E-state index contributed by atoms with van der Waals surface area (Å²) < 4.78 is 47.2. The zero-order valence-corrected chi connectivity index (χ0v) is 15.6. The number of nitrogens with one attached hydrogen (secondary N) is 1. The van der Waals surface area contributed by atoms with Crippen LogP contribution in [0.3, 0.4) is 0 Å². The number of hydrogen-bond donors (Lipinski definition) is 1. The van der Waals surface area contributed by atoms with Crippen LogP contribution in [0.4, 0.5) is 13.2 Å². The molecule has 1 atom stereocenters. The number of pyridine rings is 1. The Morgan fingerprint density at radius 2 is 1.77 bits per heavy atom. The first kappa shape index (κ1) is 19.8. The van der Waals surface area contributed by atoms with Crippen LogP contribution in [0.1, 0.15) is 28.0 Å². The van der Waals surface area contributed by atoms with Crippen LogP contribution in [0.5, 0.6) is 11.5 Å². The molecule has 4 rings (SSSR count). The van der Waals surface area contributed by atoms with Crippen LogP contribution in [-0.2, 0) is 5.54 Å². The molecule has 2 aromatic carbocycles. The SMILES string of the molecule is O=C(N[C@]1(c2ccc(OC(F)(F)F)cc2)CCOc2cccnc21)c1ccccc1. The maximum Gasteiger partial charge on any atom is 0.573 e. The number of fused-ring (bicyclic) bond motifs is 1. The third-order valence-electron chi connectivity index (χ3n) is 4.85. The fourth-order valence-corrected chi connectivity index (χ4v) is 3.53. The van der Waals surface area contributed by atoms with Gasteiger partial charge in [0.25, 0.3) is 5.91 Å². The molecule has 8 heteroatoms. The van der Waals surface area contributed by atoms with Crippen molar-refractivity contribution < 1.29 is 27.4 Å². The quantitative estimate of drug-likeness (QED) is 0.686. The topological polar surface area (TPSA) is 60.5 Å². The summed E-state index contributed by atoms with van der Waals surface area (Å²) in [6.45, 7) is 0.300. The van der Waals surface area contributed by atoms with Gasteiger partial charge in [-0.3, -0.25) is 9.78 Å². The Morgan fingerprint density at radius 3 is 2.47 bits per heavy atom. The van der Waals surface area contributed by atoms with E-state index in [1.54, 1.807) is 48.7 Å². The molecule has 5 nitrogen and oxygen atoms in total. The molecule has 154 valence electrons. The van der Waals surface area contributed by atoms with Gasteiger partial charge in [0.2, 0.25) is 0 Å². The number of nitrogens with zero attached hydrogens (tertiary/aromatic N) is 1. The van der Waals surface area contributed by atoms with Crippen molar-refractivity contribution in [1.82, 2.24) is 10.3 Å². The second-order valence-electron chi connectivity index (χ2n) is 6.75. The largest absolute Gasteiger partial charge is 0.573 e. The van der Waals surface area contributed by atoms with Crippen LogP contribution in [0.2, 0.25) is 0 Å². The molecule has 1 amide bonds. The number of aromatic nitrogens is 1. The van der Waals surface area contributed by atoms with E-state index in [0.717, 1.165) is 0 Å². The molecular weight excluding hydrogens is 397 g/mol. The summed E-state index contributed by atoms with van der Waals surface area (Å²) in [5, 5.41) is 3.04. The van der Waals surface area contributed by atoms with Crippen molar-refractivity contribution in [2.24, 2.45) is 0 Å². The molecule has 0 bridgehead atoms. The zero-order valence-electron chi connectivity index (χ0n) is 15.6. The maximum atomic E-state index is 13.0. The standard InChI is InChI=1S/C22H17F3N2O3/c23-22(24,25)30-17-10-8-16(9-11-17)21(27-20(28)15-5-2-1-3-6-15)12-14-29-18-7-4-13-26-19(18)21/h1-11,13H,12,14H2,(H,27,28)/t21-/m0/s1. The Labute approximate surface area is 170 Å². The summed E-state index contributed by atoms with van der Waals surface area (Å²) in [6.07, 6.45) is -2.85. The fraction of sp³-hybridized carbons (Fsp3) is 0.182. The highest BCUT2D eigenvalue weighted by atomic mass is 19.4. The molecule has 0 radical (unpaired) electrons. The van der Waals surface area contributed by atoms with Gasteiger partial charge in [-0.05, 0) is 42.0 Å². The first-order chi connectivity index (χ1) is 14.4. The number of hydrogen-bond acceptors (Lipinski definition) is 4. The number of rotatable bonds is 4. The van der Waals surface area contributed by atoms with E-state index in [0.29, 0.717) is 35.6 Å². The third-order valence-corrected chi connectivity index (χ3v) is 4.85. The van der Waals surface area contributed by atoms with Crippen molar-refractivity contribution in [1.29, 1.82) is 0 Å². The van der Waals surface area contributed by atoms with Gasteiger partial charge in [0.15, 0.2) is 0 Å². The predicted molar refractivity (Wildman–Crippen MR) is 102 cm³/mol. The van der Waals surface area contributed by atoms with Gasteiger partial charge in [-0.15, -0.1) is 13.2 Å². The second kappa shape index (κ2) is 7.70. The molecule has 0 aliphatic carbocycles. The highest BCUT2D eigenvalue weighted by molar-refractivity contribution is 5.95. The molecule has 0 saturated heterocycles. The Hall–Kier alpha value is -3.55. The van der Waals surface area contributed by atoms with Crippen LogP contribution in [0.15, 0.2) is 72.9 Å². The highest BCUT2D eigenvalue weighted by Gasteiger charge is 2.42. The highest BCUT2D eigenvalue weighted by Crippen LogP contribution is 2.41. The van der Waals surface area contributed by atoms with E-state index in [4.69, 9.17) is 4.74 Å². The second-order valence-corrected chi connectivity index (χ2v) is 6.75. The lowest BCUT2D eigenvalue weighted by molar-refractivity contribution is -0.274. The Bertz CT molecular complexity index is 1040. The molecular formula is C22H17F3N2O3. The normalized spacial score (nSPS) is 18.1. The lowest BCUT2D eigenvalue weighted by Crippen LogP contribution is -2.50. The molecule has 30 heavy (non-hydrogen) atoms. The van der Waals surface area contributed by atoms with Crippen molar-refractivity contribution in [3.05, 3.63) is 89.7 Å². The summed E-state index contributed by atoms with van der Waals surface area (Å²) in [5.41, 5.74) is 0.450. The van der Waals surface area contributed by atoms with Gasteiger partial charge < -0.3 is 14.8 Å². The number of carbonyl (C=O) groups excluding carboxylic acids is 1. The van der Waals surface area contributed by atoms with E-state index in [2.05, 4.69) is 15.0 Å². The van der Waals surface area contributed by atoms with Crippen molar-refractivity contribution >= 4 is 5.91 Å². The van der Waals surface area contributed by atoms with Crippen LogP contribution >= 0.6 is 0 Å². The van der Waals surface area contributed by atoms with Gasteiger partial charge in [0, 0.05) is 18.2 Å². The molecule has 0 unspecified atom stereocenters. The summed E-state index contributed by atoms with van der Waals surface area (Å²) in [6, 6.07) is 17.6. The minimum atomic E-state index is -4.78. The summed E-state index contributed by atoms with van der Waals surface area (Å²) >= 11 is 0. The molecule has 1 aliphatic rings. The van der Waals surface area contributed by atoms with Gasteiger partial charge in [-0.1, -0.05) is 30.3 Å². The van der Waals surface area contributed by atoms with Gasteiger partial charge in [-0.2, -0.15) is 0 Å². The molecule has 1 N–H and O–H groups in total. The van der Waals surface area contributed by atoms with Crippen LogP contribution in [-0.4, -0.2) is 23.9 Å². The summed E-state index contributed by atoms with van der Waals surface area (Å²) in [4.78, 5) is 17.4. The number of benzene rings is 2. The Kier molecular flexibility index (Phi) is 5.07. The third kappa shape index (κ3) is 3.94. The van der Waals surface area contributed by atoms with Gasteiger partial charge in [0.05, 0.1) is 6.61 Å². The summed E-state index contributed by atoms with van der Waals surface area (Å²) in [7, 11) is 0. The molecule has 3 aromatic rings. The van der Waals surface area contributed by atoms with Crippen molar-refractivity contribution in [3.63, 3.8) is 0 Å². The van der Waals surface area contributed by atoms with E-state index >= 15 is 0 Å². The van der Waals surface area contributed by atoms with Crippen LogP contribution in [0.25, 0.3) is 0 Å². The molecule has 2 heterocycles. The monoisotopic (exact) mass is 414 g/mol. The van der Waals surface area contributed by atoms with E-state index in [1.807, 2.05) is 0 Å².